The van der Waals surface area contributed by atoms with Crippen molar-refractivity contribution in [2.75, 3.05) is 26.2 Å². The molecule has 0 aromatic heterocycles. The number of aliphatic carboxylic acids is 1. The minimum absolute atomic E-state index is 0.0636. The Kier molecular flexibility index (Phi) is 7.40. The van der Waals surface area contributed by atoms with Gasteiger partial charge in [-0.15, -0.1) is 0 Å². The zero-order valence-corrected chi connectivity index (χ0v) is 12.0. The number of ether oxygens (including phenoxy) is 2. The van der Waals surface area contributed by atoms with Crippen molar-refractivity contribution in [2.24, 2.45) is 5.73 Å². The number of carboxylic acid groups (broad SMARTS) is 1. The van der Waals surface area contributed by atoms with Crippen molar-refractivity contribution in [3.63, 3.8) is 0 Å². The summed E-state index contributed by atoms with van der Waals surface area (Å²) in [6.07, 6.45) is -0.351. The highest BCUT2D eigenvalue weighted by molar-refractivity contribution is 5.68. The molecule has 0 radical (unpaired) electrons. The summed E-state index contributed by atoms with van der Waals surface area (Å²) in [4.78, 5) is 22.3. The van der Waals surface area contributed by atoms with Crippen molar-refractivity contribution in [3.05, 3.63) is 0 Å². The van der Waals surface area contributed by atoms with Crippen LogP contribution >= 0.6 is 0 Å². The molecule has 0 aliphatic carbocycles. The van der Waals surface area contributed by atoms with Crippen LogP contribution in [-0.2, 0) is 14.3 Å². The zero-order valence-electron chi connectivity index (χ0n) is 12.0. The quantitative estimate of drug-likeness (QED) is 0.730. The van der Waals surface area contributed by atoms with Crippen LogP contribution in [0.25, 0.3) is 0 Å². The Labute approximate surface area is 113 Å². The minimum Gasteiger partial charge on any atom is -0.481 e. The van der Waals surface area contributed by atoms with Crippen molar-refractivity contribution < 1.29 is 24.2 Å². The lowest BCUT2D eigenvalue weighted by Crippen LogP contribution is -2.49. The first-order valence-electron chi connectivity index (χ1n) is 6.15. The molecular formula is C12H24N2O5. The first kappa shape index (κ1) is 17.7. The monoisotopic (exact) mass is 276 g/mol. The fourth-order valence-corrected chi connectivity index (χ4v) is 1.35. The molecule has 1 heterocycles. The molecule has 1 rings (SSSR count). The standard InChI is InChI=1S/C10H20N2O3.C2H4O2/c1-10(2,3)15-9(13)12-4-5-14-8(6-11)7-12;1-2(3)4/h8H,4-7,11H2,1-3H3;1H3,(H,3,4)/t8-;/m1./s1. The van der Waals surface area contributed by atoms with Crippen LogP contribution in [0.4, 0.5) is 4.79 Å². The molecule has 0 bridgehead atoms. The van der Waals surface area contributed by atoms with Gasteiger partial charge >= 0.3 is 6.09 Å². The van der Waals surface area contributed by atoms with Gasteiger partial charge in [-0.1, -0.05) is 0 Å². The van der Waals surface area contributed by atoms with Crippen molar-refractivity contribution in [1.82, 2.24) is 4.90 Å². The number of nitrogens with two attached hydrogens (primary N) is 1. The van der Waals surface area contributed by atoms with E-state index < -0.39 is 11.6 Å². The molecule has 0 unspecified atom stereocenters. The van der Waals surface area contributed by atoms with Gasteiger partial charge in [0.25, 0.3) is 5.97 Å². The Morgan fingerprint density at radius 1 is 1.47 bits per heavy atom. The van der Waals surface area contributed by atoms with E-state index in [0.717, 1.165) is 6.92 Å². The summed E-state index contributed by atoms with van der Waals surface area (Å²) in [7, 11) is 0. The first-order valence-corrected chi connectivity index (χ1v) is 6.15. The highest BCUT2D eigenvalue weighted by Gasteiger charge is 2.27. The number of carbonyl (C=O) groups is 2. The van der Waals surface area contributed by atoms with Crippen LogP contribution in [0, 0.1) is 0 Å². The van der Waals surface area contributed by atoms with E-state index in [2.05, 4.69) is 0 Å². The van der Waals surface area contributed by atoms with Gasteiger partial charge in [0.15, 0.2) is 0 Å². The number of hydrogen-bond donors (Lipinski definition) is 2. The lowest BCUT2D eigenvalue weighted by Gasteiger charge is -2.33. The molecular weight excluding hydrogens is 252 g/mol. The molecule has 7 nitrogen and oxygen atoms in total. The average molecular weight is 276 g/mol. The molecule has 0 aromatic carbocycles. The van der Waals surface area contributed by atoms with E-state index in [-0.39, 0.29) is 12.2 Å². The van der Waals surface area contributed by atoms with E-state index in [9.17, 15) is 4.79 Å². The van der Waals surface area contributed by atoms with Crippen molar-refractivity contribution >= 4 is 12.1 Å². The summed E-state index contributed by atoms with van der Waals surface area (Å²) in [6, 6.07) is 0. The van der Waals surface area contributed by atoms with Crippen LogP contribution in [0.1, 0.15) is 27.7 Å². The molecule has 19 heavy (non-hydrogen) atoms. The molecule has 0 spiro atoms. The fourth-order valence-electron chi connectivity index (χ4n) is 1.35. The third-order valence-electron chi connectivity index (χ3n) is 2.05. The molecule has 0 aromatic rings. The van der Waals surface area contributed by atoms with E-state index in [1.807, 2.05) is 20.8 Å². The highest BCUT2D eigenvalue weighted by atomic mass is 16.6. The molecule has 7 heteroatoms. The second-order valence-corrected chi connectivity index (χ2v) is 5.17. The van der Waals surface area contributed by atoms with Crippen LogP contribution in [0.3, 0.4) is 0 Å². The van der Waals surface area contributed by atoms with Gasteiger partial charge in [-0.05, 0) is 20.8 Å². The SMILES string of the molecule is CC(=O)O.CC(C)(C)OC(=O)N1CCO[C@H](CN)C1. The molecule has 3 N–H and O–H groups in total. The van der Waals surface area contributed by atoms with E-state index in [1.54, 1.807) is 4.90 Å². The maximum absolute atomic E-state index is 11.7. The van der Waals surface area contributed by atoms with Crippen LogP contribution in [0.2, 0.25) is 0 Å². The predicted octanol–water partition coefficient (Wildman–Crippen LogP) is 0.672. The van der Waals surface area contributed by atoms with Gasteiger partial charge in [-0.3, -0.25) is 4.79 Å². The van der Waals surface area contributed by atoms with Gasteiger partial charge in [0.05, 0.1) is 19.3 Å². The zero-order chi connectivity index (χ0) is 15.1. The van der Waals surface area contributed by atoms with E-state index >= 15 is 0 Å². The summed E-state index contributed by atoms with van der Waals surface area (Å²) in [5, 5.41) is 7.42. The van der Waals surface area contributed by atoms with Gasteiger partial charge in [0.2, 0.25) is 0 Å². The van der Waals surface area contributed by atoms with Crippen LogP contribution < -0.4 is 5.73 Å². The predicted molar refractivity (Wildman–Crippen MR) is 69.9 cm³/mol. The number of carbonyl (C=O) groups excluding carboxylic acids is 1. The van der Waals surface area contributed by atoms with Crippen molar-refractivity contribution in [3.8, 4) is 0 Å². The molecule has 1 saturated heterocycles. The van der Waals surface area contributed by atoms with E-state index in [1.165, 1.54) is 0 Å². The maximum atomic E-state index is 11.7. The molecule has 1 atom stereocenters. The summed E-state index contributed by atoms with van der Waals surface area (Å²) >= 11 is 0. The largest absolute Gasteiger partial charge is 0.481 e. The number of carboxylic acids is 1. The van der Waals surface area contributed by atoms with Crippen LogP contribution in [0.15, 0.2) is 0 Å². The Balaban J connectivity index is 0.000000711. The van der Waals surface area contributed by atoms with E-state index in [0.29, 0.717) is 26.2 Å². The number of hydrogen-bond acceptors (Lipinski definition) is 5. The molecule has 1 aliphatic heterocycles. The fraction of sp³-hybridized carbons (Fsp3) is 0.833. The van der Waals surface area contributed by atoms with Gasteiger partial charge < -0.3 is 25.2 Å². The molecule has 0 saturated carbocycles. The summed E-state index contributed by atoms with van der Waals surface area (Å²) in [5.74, 6) is -0.833. The Morgan fingerprint density at radius 2 is 2.00 bits per heavy atom. The minimum atomic E-state index is -0.833. The number of nitrogens with zero attached hydrogens (tertiary/aromatic N) is 1. The second-order valence-electron chi connectivity index (χ2n) is 5.17. The first-order chi connectivity index (χ1) is 8.65. The van der Waals surface area contributed by atoms with Crippen molar-refractivity contribution in [1.29, 1.82) is 0 Å². The van der Waals surface area contributed by atoms with Gasteiger partial charge in [0, 0.05) is 20.0 Å². The third-order valence-corrected chi connectivity index (χ3v) is 2.05. The number of morpholine rings is 1. The lowest BCUT2D eigenvalue weighted by atomic mass is 10.2. The molecule has 112 valence electrons. The summed E-state index contributed by atoms with van der Waals surface area (Å²) in [6.45, 7) is 8.69. The highest BCUT2D eigenvalue weighted by Crippen LogP contribution is 2.12. The number of rotatable bonds is 1. The number of amides is 1. The molecule has 1 fully saturated rings. The Morgan fingerprint density at radius 3 is 2.42 bits per heavy atom. The topological polar surface area (TPSA) is 102 Å². The smallest absolute Gasteiger partial charge is 0.410 e. The summed E-state index contributed by atoms with van der Waals surface area (Å²) < 4.78 is 10.6. The normalized spacial score (nSPS) is 19.2. The van der Waals surface area contributed by atoms with Crippen LogP contribution in [-0.4, -0.2) is 60.0 Å². The Hall–Kier alpha value is -1.34. The van der Waals surface area contributed by atoms with Gasteiger partial charge in [-0.2, -0.15) is 0 Å². The maximum Gasteiger partial charge on any atom is 0.410 e. The second kappa shape index (κ2) is 7.96. The lowest BCUT2D eigenvalue weighted by molar-refractivity contribution is -0.134. The van der Waals surface area contributed by atoms with Gasteiger partial charge in [-0.25, -0.2) is 4.79 Å². The van der Waals surface area contributed by atoms with Crippen LogP contribution in [0.5, 0.6) is 0 Å². The Bertz CT molecular complexity index is 297. The average Bonchev–Trinajstić information content (AvgIpc) is 2.26. The summed E-state index contributed by atoms with van der Waals surface area (Å²) in [5.41, 5.74) is 5.04. The van der Waals surface area contributed by atoms with Crippen molar-refractivity contribution in [2.45, 2.75) is 39.4 Å². The van der Waals surface area contributed by atoms with Gasteiger partial charge in [0.1, 0.15) is 5.60 Å². The third kappa shape index (κ3) is 9.26. The van der Waals surface area contributed by atoms with E-state index in [4.69, 9.17) is 25.1 Å². The molecule has 1 aliphatic rings. The molecule has 1 amide bonds.